The van der Waals surface area contributed by atoms with E-state index in [1.807, 2.05) is 64.1 Å². The fourth-order valence-corrected chi connectivity index (χ4v) is 3.68. The summed E-state index contributed by atoms with van der Waals surface area (Å²) < 4.78 is 2.84. The predicted molar refractivity (Wildman–Crippen MR) is 119 cm³/mol. The quantitative estimate of drug-likeness (QED) is 0.540. The molecule has 31 heavy (non-hydrogen) atoms. The second-order valence-corrected chi connectivity index (χ2v) is 7.90. The molecule has 4 aromatic rings. The fourth-order valence-electron chi connectivity index (χ4n) is 3.68. The van der Waals surface area contributed by atoms with Crippen molar-refractivity contribution in [1.82, 2.24) is 24.5 Å². The lowest BCUT2D eigenvalue weighted by atomic mass is 10.1. The number of aromatic nitrogens is 5. The van der Waals surface area contributed by atoms with E-state index in [2.05, 4.69) is 20.6 Å². The third-order valence-corrected chi connectivity index (χ3v) is 5.20. The largest absolute Gasteiger partial charge is 0.324 e. The molecule has 4 rings (SSSR count). The molecule has 0 aliphatic heterocycles. The number of hydrogen-bond acceptors (Lipinski definition) is 5. The Bertz CT molecular complexity index is 1310. The number of aryl methyl sites for hydroxylation is 4. The molecular formula is C23H24N6O2. The first-order chi connectivity index (χ1) is 14.8. The van der Waals surface area contributed by atoms with E-state index >= 15 is 0 Å². The van der Waals surface area contributed by atoms with E-state index in [4.69, 9.17) is 0 Å². The summed E-state index contributed by atoms with van der Waals surface area (Å²) in [5, 5.41) is 11.0. The Morgan fingerprint density at radius 3 is 2.35 bits per heavy atom. The van der Waals surface area contributed by atoms with E-state index in [1.54, 1.807) is 4.68 Å². The van der Waals surface area contributed by atoms with Crippen molar-refractivity contribution in [3.8, 4) is 0 Å². The van der Waals surface area contributed by atoms with Crippen LogP contribution in [0, 0.1) is 27.7 Å². The molecule has 0 unspecified atom stereocenters. The molecule has 8 nitrogen and oxygen atoms in total. The molecule has 0 bridgehead atoms. The first-order valence-electron chi connectivity index (χ1n) is 10.0. The number of fused-ring (bicyclic) bond motifs is 1. The molecule has 158 valence electrons. The summed E-state index contributed by atoms with van der Waals surface area (Å²) in [6, 6.07) is 12.1. The van der Waals surface area contributed by atoms with Gasteiger partial charge in [-0.15, -0.1) is 5.10 Å². The van der Waals surface area contributed by atoms with Crippen molar-refractivity contribution in [2.24, 2.45) is 0 Å². The second kappa shape index (κ2) is 8.14. The Morgan fingerprint density at radius 1 is 1.00 bits per heavy atom. The van der Waals surface area contributed by atoms with Crippen molar-refractivity contribution < 1.29 is 4.79 Å². The number of rotatable bonds is 5. The number of anilines is 1. The maximum Gasteiger partial charge on any atom is 0.283 e. The highest BCUT2D eigenvalue weighted by atomic mass is 16.2. The molecule has 0 aliphatic rings. The average Bonchev–Trinajstić information content (AvgIpc) is 3.12. The van der Waals surface area contributed by atoms with Crippen molar-refractivity contribution >= 4 is 22.8 Å². The van der Waals surface area contributed by atoms with Crippen LogP contribution in [0.25, 0.3) is 11.2 Å². The van der Waals surface area contributed by atoms with Gasteiger partial charge in [0.2, 0.25) is 5.91 Å². The first kappa shape index (κ1) is 20.5. The molecule has 0 radical (unpaired) electrons. The zero-order valence-corrected chi connectivity index (χ0v) is 18.0. The van der Waals surface area contributed by atoms with Gasteiger partial charge in [0.1, 0.15) is 12.9 Å². The van der Waals surface area contributed by atoms with Crippen molar-refractivity contribution in [2.45, 2.75) is 40.8 Å². The van der Waals surface area contributed by atoms with Crippen LogP contribution in [0.4, 0.5) is 5.69 Å². The van der Waals surface area contributed by atoms with Crippen molar-refractivity contribution in [1.29, 1.82) is 0 Å². The summed E-state index contributed by atoms with van der Waals surface area (Å²) in [5.41, 5.74) is 6.20. The number of carbonyl (C=O) groups excluding carboxylic acids is 1. The number of benzene rings is 2. The highest BCUT2D eigenvalue weighted by Crippen LogP contribution is 2.21. The minimum Gasteiger partial charge on any atom is -0.324 e. The standard InChI is InChI=1S/C23H24N6O2/c1-14-5-7-18(8-6-14)11-29-22-21(26-27-29)23(31)28(13-24-22)12-19(30)25-20-16(3)9-15(2)10-17(20)4/h5-10,13H,11-12H2,1-4H3,(H,25,30). The van der Waals surface area contributed by atoms with Gasteiger partial charge in [-0.3, -0.25) is 14.2 Å². The number of amides is 1. The fraction of sp³-hybridized carbons (Fsp3) is 0.261. The Balaban J connectivity index is 1.55. The van der Waals surface area contributed by atoms with Crippen molar-refractivity contribution in [2.75, 3.05) is 5.32 Å². The third-order valence-electron chi connectivity index (χ3n) is 5.20. The molecule has 2 heterocycles. The molecule has 0 saturated carbocycles. The topological polar surface area (TPSA) is 94.7 Å². The summed E-state index contributed by atoms with van der Waals surface area (Å²) in [5.74, 6) is -0.301. The van der Waals surface area contributed by atoms with Crippen LogP contribution >= 0.6 is 0 Å². The van der Waals surface area contributed by atoms with Crippen molar-refractivity contribution in [3.63, 3.8) is 0 Å². The zero-order valence-electron chi connectivity index (χ0n) is 18.0. The summed E-state index contributed by atoms with van der Waals surface area (Å²) in [7, 11) is 0. The number of nitrogens with one attached hydrogen (secondary N) is 1. The van der Waals surface area contributed by atoms with Crippen LogP contribution in [0.2, 0.25) is 0 Å². The van der Waals surface area contributed by atoms with Gasteiger partial charge in [-0.25, -0.2) is 9.67 Å². The van der Waals surface area contributed by atoms with Crippen molar-refractivity contribution in [3.05, 3.63) is 80.9 Å². The van der Waals surface area contributed by atoms with Gasteiger partial charge in [0.25, 0.3) is 5.56 Å². The molecule has 1 amide bonds. The lowest BCUT2D eigenvalue weighted by Crippen LogP contribution is -2.28. The van der Waals surface area contributed by atoms with Crippen LogP contribution in [0.1, 0.15) is 27.8 Å². The molecule has 2 aromatic heterocycles. The molecule has 0 atom stereocenters. The molecule has 8 heteroatoms. The Labute approximate surface area is 179 Å². The van der Waals surface area contributed by atoms with Crippen LogP contribution in [0.3, 0.4) is 0 Å². The van der Waals surface area contributed by atoms with Crippen LogP contribution in [-0.4, -0.2) is 30.5 Å². The molecule has 2 aromatic carbocycles. The van der Waals surface area contributed by atoms with Gasteiger partial charge in [-0.2, -0.15) is 0 Å². The molecule has 1 N–H and O–H groups in total. The zero-order chi connectivity index (χ0) is 22.1. The smallest absolute Gasteiger partial charge is 0.283 e. The third kappa shape index (κ3) is 4.23. The van der Waals surface area contributed by atoms with E-state index < -0.39 is 5.56 Å². The van der Waals surface area contributed by atoms with Crippen LogP contribution in [-0.2, 0) is 17.9 Å². The highest BCUT2D eigenvalue weighted by molar-refractivity contribution is 5.92. The van der Waals surface area contributed by atoms with E-state index in [-0.39, 0.29) is 18.0 Å². The minimum atomic E-state index is -0.396. The normalized spacial score (nSPS) is 11.1. The van der Waals surface area contributed by atoms with E-state index in [0.717, 1.165) is 27.9 Å². The molecule has 0 saturated heterocycles. The Kier molecular flexibility index (Phi) is 5.37. The van der Waals surface area contributed by atoms with Gasteiger partial charge >= 0.3 is 0 Å². The highest BCUT2D eigenvalue weighted by Gasteiger charge is 2.15. The van der Waals surface area contributed by atoms with Gasteiger partial charge in [-0.1, -0.05) is 52.7 Å². The molecule has 0 fully saturated rings. The summed E-state index contributed by atoms with van der Waals surface area (Å²) >= 11 is 0. The maximum atomic E-state index is 12.8. The minimum absolute atomic E-state index is 0.144. The number of carbonyl (C=O) groups is 1. The molecular weight excluding hydrogens is 392 g/mol. The van der Waals surface area contributed by atoms with E-state index in [1.165, 1.54) is 16.5 Å². The summed E-state index contributed by atoms with van der Waals surface area (Å²) in [6.07, 6.45) is 1.37. The Hall–Kier alpha value is -3.81. The van der Waals surface area contributed by atoms with Gasteiger partial charge in [-0.05, 0) is 44.4 Å². The summed E-state index contributed by atoms with van der Waals surface area (Å²) in [6.45, 7) is 8.23. The monoisotopic (exact) mass is 416 g/mol. The molecule has 0 aliphatic carbocycles. The first-order valence-corrected chi connectivity index (χ1v) is 10.0. The van der Waals surface area contributed by atoms with Gasteiger partial charge in [0.05, 0.1) is 6.54 Å². The van der Waals surface area contributed by atoms with Crippen LogP contribution < -0.4 is 10.9 Å². The lowest BCUT2D eigenvalue weighted by Gasteiger charge is -2.13. The SMILES string of the molecule is Cc1ccc(Cn2nnc3c(=O)n(CC(=O)Nc4c(C)cc(C)cc4C)cnc32)cc1. The van der Waals surface area contributed by atoms with Gasteiger partial charge < -0.3 is 5.32 Å². The lowest BCUT2D eigenvalue weighted by molar-refractivity contribution is -0.116. The average molecular weight is 416 g/mol. The predicted octanol–water partition coefficient (Wildman–Crippen LogP) is 2.91. The van der Waals surface area contributed by atoms with E-state index in [0.29, 0.717) is 12.2 Å². The van der Waals surface area contributed by atoms with E-state index in [9.17, 15) is 9.59 Å². The summed E-state index contributed by atoms with van der Waals surface area (Å²) in [4.78, 5) is 29.8. The molecule has 0 spiro atoms. The second-order valence-electron chi connectivity index (χ2n) is 7.90. The van der Waals surface area contributed by atoms with Crippen LogP contribution in [0.15, 0.2) is 47.5 Å². The maximum absolute atomic E-state index is 12.8. The number of nitrogens with zero attached hydrogens (tertiary/aromatic N) is 5. The van der Waals surface area contributed by atoms with Gasteiger partial charge in [0.15, 0.2) is 11.2 Å². The van der Waals surface area contributed by atoms with Crippen LogP contribution in [0.5, 0.6) is 0 Å². The number of hydrogen-bond donors (Lipinski definition) is 1. The van der Waals surface area contributed by atoms with Gasteiger partial charge in [0, 0.05) is 5.69 Å². The Morgan fingerprint density at radius 2 is 1.68 bits per heavy atom.